The van der Waals surface area contributed by atoms with Crippen LogP contribution >= 0.6 is 11.1 Å². The molecule has 0 aliphatic heterocycles. The van der Waals surface area contributed by atoms with E-state index in [2.05, 4.69) is 0 Å². The van der Waals surface area contributed by atoms with Crippen molar-refractivity contribution in [1.29, 1.82) is 0 Å². The van der Waals surface area contributed by atoms with Gasteiger partial charge in [0, 0.05) is 17.9 Å². The third-order valence-electron chi connectivity index (χ3n) is 1.80. The van der Waals surface area contributed by atoms with Gasteiger partial charge in [0.15, 0.2) is 7.38 Å². The lowest BCUT2D eigenvalue weighted by Gasteiger charge is -2.16. The molecule has 0 aliphatic rings. The van der Waals surface area contributed by atoms with Gasteiger partial charge in [-0.15, -0.1) is 0 Å². The van der Waals surface area contributed by atoms with Crippen LogP contribution in [0, 0.1) is 6.92 Å². The molecule has 0 aromatic carbocycles. The first kappa shape index (κ1) is 10.5. The molecule has 1 aromatic heterocycles. The maximum atomic E-state index is 11.4. The van der Waals surface area contributed by atoms with Crippen molar-refractivity contribution in [3.8, 4) is 0 Å². The number of pyridine rings is 1. The van der Waals surface area contributed by atoms with Crippen LogP contribution in [-0.4, -0.2) is 12.0 Å². The fraction of sp³-hybridized carbons (Fsp3) is 0.444. The Balaban J connectivity index is 3.08. The van der Waals surface area contributed by atoms with Crippen molar-refractivity contribution in [2.75, 3.05) is 0 Å². The molecule has 2 nitrogen and oxygen atoms in total. The van der Waals surface area contributed by atoms with Crippen molar-refractivity contribution in [2.45, 2.75) is 26.2 Å². The Kier molecular flexibility index (Phi) is 2.98. The maximum Gasteiger partial charge on any atom is 0.250 e. The molecule has 0 spiro atoms. The van der Waals surface area contributed by atoms with Crippen LogP contribution in [0.1, 0.15) is 5.69 Å². The van der Waals surface area contributed by atoms with Gasteiger partial charge in [0.2, 0.25) is 5.56 Å². The summed E-state index contributed by atoms with van der Waals surface area (Å²) in [6.45, 7) is 6.00. The molecule has 0 unspecified atom stereocenters. The van der Waals surface area contributed by atoms with E-state index in [-0.39, 0.29) is 5.56 Å². The number of hydrogen-bond donors (Lipinski definition) is 0. The van der Waals surface area contributed by atoms with Crippen LogP contribution in [-0.2, 0) is 6.17 Å². The van der Waals surface area contributed by atoms with Crippen LogP contribution in [0.3, 0.4) is 0 Å². The highest BCUT2D eigenvalue weighted by molar-refractivity contribution is 7.18. The lowest BCUT2D eigenvalue weighted by atomic mass is 10.4. The van der Waals surface area contributed by atoms with E-state index >= 15 is 0 Å². The van der Waals surface area contributed by atoms with Crippen LogP contribution in [0.4, 0.5) is 0 Å². The normalized spacial score (nSPS) is 11.7. The fourth-order valence-corrected chi connectivity index (χ4v) is 2.72. The molecule has 13 heavy (non-hydrogen) atoms. The van der Waals surface area contributed by atoms with Crippen LogP contribution in [0.5, 0.6) is 0 Å². The predicted octanol–water partition coefficient (Wildman–Crippen LogP) is 2.14. The standard InChI is InChI=1S/C9H14ClNOSi/c1-8-5-4-6-9(12)11(8)7-13(2,3)10/h4-6H,7H2,1-3H3. The quantitative estimate of drug-likeness (QED) is 0.548. The summed E-state index contributed by atoms with van der Waals surface area (Å²) in [7, 11) is -1.73. The molecule has 0 N–H and O–H groups in total. The molecule has 72 valence electrons. The minimum Gasteiger partial charge on any atom is -0.314 e. The summed E-state index contributed by atoms with van der Waals surface area (Å²) in [6.07, 6.45) is 0.681. The van der Waals surface area contributed by atoms with Gasteiger partial charge in [-0.2, -0.15) is 11.1 Å². The molecule has 0 saturated heterocycles. The average Bonchev–Trinajstić information content (AvgIpc) is 1.95. The Morgan fingerprint density at radius 1 is 1.46 bits per heavy atom. The number of aromatic nitrogens is 1. The first-order valence-corrected chi connectivity index (χ1v) is 8.47. The second-order valence-electron chi connectivity index (χ2n) is 3.81. The lowest BCUT2D eigenvalue weighted by molar-refractivity contribution is 0.777. The van der Waals surface area contributed by atoms with E-state index in [1.807, 2.05) is 26.1 Å². The van der Waals surface area contributed by atoms with Crippen LogP contribution < -0.4 is 5.56 Å². The smallest absolute Gasteiger partial charge is 0.250 e. The first-order valence-electron chi connectivity index (χ1n) is 4.25. The Hall–Kier alpha value is -0.543. The fourth-order valence-electron chi connectivity index (χ4n) is 1.20. The average molecular weight is 216 g/mol. The Bertz CT molecular complexity index is 353. The van der Waals surface area contributed by atoms with Gasteiger partial charge in [0.1, 0.15) is 0 Å². The third-order valence-corrected chi connectivity index (χ3v) is 3.23. The highest BCUT2D eigenvalue weighted by atomic mass is 35.6. The summed E-state index contributed by atoms with van der Waals surface area (Å²) in [6, 6.07) is 5.28. The Labute approximate surface area is 83.9 Å². The van der Waals surface area contributed by atoms with Crippen LogP contribution in [0.25, 0.3) is 0 Å². The Morgan fingerprint density at radius 2 is 2.08 bits per heavy atom. The van der Waals surface area contributed by atoms with E-state index in [4.69, 9.17) is 11.1 Å². The van der Waals surface area contributed by atoms with Gasteiger partial charge >= 0.3 is 0 Å². The second-order valence-corrected chi connectivity index (χ2v) is 10.6. The first-order chi connectivity index (χ1) is 5.90. The minimum atomic E-state index is -1.73. The molecule has 0 radical (unpaired) electrons. The molecule has 0 amide bonds. The van der Waals surface area contributed by atoms with E-state index in [1.165, 1.54) is 0 Å². The van der Waals surface area contributed by atoms with Gasteiger partial charge in [0.05, 0.1) is 0 Å². The van der Waals surface area contributed by atoms with Gasteiger partial charge in [-0.3, -0.25) is 4.79 Å². The second kappa shape index (κ2) is 3.68. The minimum absolute atomic E-state index is 0.0428. The van der Waals surface area contributed by atoms with E-state index in [9.17, 15) is 4.79 Å². The van der Waals surface area contributed by atoms with Crippen LogP contribution in [0.2, 0.25) is 13.1 Å². The molecule has 0 fully saturated rings. The van der Waals surface area contributed by atoms with E-state index in [0.717, 1.165) is 5.69 Å². The topological polar surface area (TPSA) is 22.0 Å². The molecule has 0 saturated carbocycles. The molecule has 0 atom stereocenters. The van der Waals surface area contributed by atoms with Gasteiger partial charge < -0.3 is 4.57 Å². The van der Waals surface area contributed by atoms with Crippen LogP contribution in [0.15, 0.2) is 23.0 Å². The molecule has 1 rings (SSSR count). The summed E-state index contributed by atoms with van der Waals surface area (Å²) >= 11 is 6.19. The van der Waals surface area contributed by atoms with Crippen molar-refractivity contribution >= 4 is 18.5 Å². The van der Waals surface area contributed by atoms with Crippen molar-refractivity contribution in [3.05, 3.63) is 34.2 Å². The molecule has 1 heterocycles. The van der Waals surface area contributed by atoms with E-state index in [0.29, 0.717) is 6.17 Å². The van der Waals surface area contributed by atoms with Crippen molar-refractivity contribution in [1.82, 2.24) is 4.57 Å². The summed E-state index contributed by atoms with van der Waals surface area (Å²) < 4.78 is 1.75. The summed E-state index contributed by atoms with van der Waals surface area (Å²) in [5.41, 5.74) is 1.02. The number of halogens is 1. The third kappa shape index (κ3) is 3.01. The van der Waals surface area contributed by atoms with Gasteiger partial charge in [-0.1, -0.05) is 19.2 Å². The molecular formula is C9H14ClNOSi. The lowest BCUT2D eigenvalue weighted by Crippen LogP contribution is -2.33. The van der Waals surface area contributed by atoms with Crippen molar-refractivity contribution in [3.63, 3.8) is 0 Å². The largest absolute Gasteiger partial charge is 0.314 e. The highest BCUT2D eigenvalue weighted by Gasteiger charge is 2.18. The SMILES string of the molecule is Cc1cccc(=O)n1C[Si](C)(C)Cl. The monoisotopic (exact) mass is 215 g/mol. The molecule has 0 bridgehead atoms. The molecule has 1 aromatic rings. The summed E-state index contributed by atoms with van der Waals surface area (Å²) in [4.78, 5) is 11.4. The highest BCUT2D eigenvalue weighted by Crippen LogP contribution is 2.10. The molecule has 0 aliphatic carbocycles. The zero-order chi connectivity index (χ0) is 10.1. The van der Waals surface area contributed by atoms with Crippen molar-refractivity contribution in [2.24, 2.45) is 0 Å². The van der Waals surface area contributed by atoms with Gasteiger partial charge in [-0.25, -0.2) is 0 Å². The van der Waals surface area contributed by atoms with Gasteiger partial charge in [0.25, 0.3) is 0 Å². The summed E-state index contributed by atoms with van der Waals surface area (Å²) in [5.74, 6) is 0. The number of hydrogen-bond acceptors (Lipinski definition) is 1. The molecule has 4 heteroatoms. The zero-order valence-electron chi connectivity index (χ0n) is 8.17. The van der Waals surface area contributed by atoms with E-state index in [1.54, 1.807) is 16.7 Å². The van der Waals surface area contributed by atoms with Gasteiger partial charge in [-0.05, 0) is 13.0 Å². The van der Waals surface area contributed by atoms with E-state index < -0.39 is 7.38 Å². The zero-order valence-corrected chi connectivity index (χ0v) is 9.93. The summed E-state index contributed by atoms with van der Waals surface area (Å²) in [5, 5.41) is 0. The number of rotatable bonds is 2. The van der Waals surface area contributed by atoms with Crippen molar-refractivity contribution < 1.29 is 0 Å². The predicted molar refractivity (Wildman–Crippen MR) is 58.8 cm³/mol. The maximum absolute atomic E-state index is 11.4. The number of nitrogens with zero attached hydrogens (tertiary/aromatic N) is 1. The Morgan fingerprint density at radius 3 is 2.54 bits per heavy atom. The molecular weight excluding hydrogens is 202 g/mol. The number of aryl methyl sites for hydroxylation is 1.